The predicted molar refractivity (Wildman–Crippen MR) is 97.0 cm³/mol. The number of benzene rings is 1. The molecule has 2 saturated heterocycles. The maximum atomic E-state index is 12.2. The van der Waals surface area contributed by atoms with Crippen LogP contribution in [0.5, 0.6) is 5.75 Å². The maximum absolute atomic E-state index is 12.2. The molecule has 0 bridgehead atoms. The minimum Gasteiger partial charge on any atom is -0.495 e. The number of rotatable bonds is 6. The molecule has 25 heavy (non-hydrogen) atoms. The average molecular weight is 363 g/mol. The van der Waals surface area contributed by atoms with Crippen LogP contribution in [0.2, 0.25) is 0 Å². The van der Waals surface area contributed by atoms with Crippen molar-refractivity contribution in [2.75, 3.05) is 25.6 Å². The lowest BCUT2D eigenvalue weighted by Crippen LogP contribution is -2.28. The first-order valence-electron chi connectivity index (χ1n) is 8.22. The summed E-state index contributed by atoms with van der Waals surface area (Å²) < 4.78 is 10.7. The van der Waals surface area contributed by atoms with Gasteiger partial charge in [0.15, 0.2) is 5.17 Å². The number of methoxy groups -OCH3 is 1. The van der Waals surface area contributed by atoms with E-state index in [1.54, 1.807) is 19.2 Å². The molecule has 7 nitrogen and oxygen atoms in total. The fraction of sp³-hybridized carbons (Fsp3) is 0.471. The van der Waals surface area contributed by atoms with Gasteiger partial charge >= 0.3 is 0 Å². The standard InChI is InChI=1S/C17H21N3O4S/c1-23-13-7-3-2-6-12(13)19-15(21)9-14-16(22)20-17(25-14)18-10-11-5-4-8-24-11/h2-3,6-7,11,14H,4-5,8-10H2,1H3,(H,19,21)(H,18,20,22). The molecule has 0 spiro atoms. The van der Waals surface area contributed by atoms with Gasteiger partial charge in [0.05, 0.1) is 25.4 Å². The molecule has 2 atom stereocenters. The third-order valence-electron chi connectivity index (χ3n) is 3.99. The van der Waals surface area contributed by atoms with Crippen LogP contribution in [-0.4, -0.2) is 48.6 Å². The van der Waals surface area contributed by atoms with Crippen molar-refractivity contribution in [3.8, 4) is 5.75 Å². The Kier molecular flexibility index (Phi) is 5.93. The first kappa shape index (κ1) is 17.8. The zero-order valence-electron chi connectivity index (χ0n) is 14.0. The first-order chi connectivity index (χ1) is 12.2. The third-order valence-corrected chi connectivity index (χ3v) is 5.11. The van der Waals surface area contributed by atoms with E-state index in [0.29, 0.717) is 23.1 Å². The summed E-state index contributed by atoms with van der Waals surface area (Å²) in [5.74, 6) is 0.155. The van der Waals surface area contributed by atoms with Gasteiger partial charge in [-0.1, -0.05) is 23.9 Å². The molecule has 2 heterocycles. The molecule has 2 fully saturated rings. The molecule has 0 aromatic heterocycles. The van der Waals surface area contributed by atoms with E-state index in [4.69, 9.17) is 9.47 Å². The van der Waals surface area contributed by atoms with Crippen LogP contribution in [0, 0.1) is 0 Å². The van der Waals surface area contributed by atoms with Crippen molar-refractivity contribution >= 4 is 34.4 Å². The second-order valence-corrected chi connectivity index (χ2v) is 7.02. The summed E-state index contributed by atoms with van der Waals surface area (Å²) in [6, 6.07) is 7.16. The Morgan fingerprint density at radius 3 is 3.08 bits per heavy atom. The number of carbonyl (C=O) groups is 2. The lowest BCUT2D eigenvalue weighted by molar-refractivity contribution is -0.122. The van der Waals surface area contributed by atoms with Gasteiger partial charge in [0, 0.05) is 13.0 Å². The SMILES string of the molecule is COc1ccccc1NC(=O)CC1SC(=NCC2CCCO2)NC1=O. The molecule has 1 aromatic rings. The number of nitrogens with one attached hydrogen (secondary N) is 2. The highest BCUT2D eigenvalue weighted by atomic mass is 32.2. The van der Waals surface area contributed by atoms with Crippen molar-refractivity contribution < 1.29 is 19.1 Å². The summed E-state index contributed by atoms with van der Waals surface area (Å²) in [6.45, 7) is 1.32. The van der Waals surface area contributed by atoms with Crippen molar-refractivity contribution in [2.45, 2.75) is 30.6 Å². The van der Waals surface area contributed by atoms with Gasteiger partial charge in [-0.15, -0.1) is 0 Å². The lowest BCUT2D eigenvalue weighted by Gasteiger charge is -2.10. The zero-order valence-corrected chi connectivity index (χ0v) is 14.8. The zero-order chi connectivity index (χ0) is 17.6. The second-order valence-electron chi connectivity index (χ2n) is 5.83. The number of amides is 2. The second kappa shape index (κ2) is 8.35. The van der Waals surface area contributed by atoms with Gasteiger partial charge in [0.25, 0.3) is 0 Å². The molecule has 2 aliphatic heterocycles. The number of ether oxygens (including phenoxy) is 2. The summed E-state index contributed by atoms with van der Waals surface area (Å²) in [4.78, 5) is 28.7. The van der Waals surface area contributed by atoms with Crippen molar-refractivity contribution in [3.63, 3.8) is 0 Å². The van der Waals surface area contributed by atoms with Crippen LogP contribution in [0.25, 0.3) is 0 Å². The van der Waals surface area contributed by atoms with Crippen molar-refractivity contribution in [3.05, 3.63) is 24.3 Å². The van der Waals surface area contributed by atoms with E-state index in [1.165, 1.54) is 11.8 Å². The van der Waals surface area contributed by atoms with E-state index in [9.17, 15) is 9.59 Å². The van der Waals surface area contributed by atoms with Gasteiger partial charge in [0.2, 0.25) is 11.8 Å². The number of thioether (sulfide) groups is 1. The molecule has 2 amide bonds. The summed E-state index contributed by atoms with van der Waals surface area (Å²) in [6.07, 6.45) is 2.27. The Bertz CT molecular complexity index is 674. The monoisotopic (exact) mass is 363 g/mol. The highest BCUT2D eigenvalue weighted by Crippen LogP contribution is 2.26. The van der Waals surface area contributed by atoms with Gasteiger partial charge in [-0.3, -0.25) is 14.6 Å². The number of aliphatic imine (C=N–C) groups is 1. The molecule has 2 unspecified atom stereocenters. The van der Waals surface area contributed by atoms with E-state index in [1.807, 2.05) is 12.1 Å². The summed E-state index contributed by atoms with van der Waals surface area (Å²) in [5, 5.41) is 5.61. The molecule has 0 saturated carbocycles. The minimum absolute atomic E-state index is 0.0769. The number of nitrogens with zero attached hydrogens (tertiary/aromatic N) is 1. The van der Waals surface area contributed by atoms with E-state index in [2.05, 4.69) is 15.6 Å². The van der Waals surface area contributed by atoms with Gasteiger partial charge in [-0.25, -0.2) is 0 Å². The molecule has 134 valence electrons. The van der Waals surface area contributed by atoms with Crippen LogP contribution < -0.4 is 15.4 Å². The fourth-order valence-electron chi connectivity index (χ4n) is 2.71. The van der Waals surface area contributed by atoms with Crippen LogP contribution in [-0.2, 0) is 14.3 Å². The number of anilines is 1. The Hall–Kier alpha value is -2.06. The topological polar surface area (TPSA) is 89.0 Å². The first-order valence-corrected chi connectivity index (χ1v) is 9.10. The molecular formula is C17H21N3O4S. The maximum Gasteiger partial charge on any atom is 0.240 e. The van der Waals surface area contributed by atoms with Crippen LogP contribution in [0.1, 0.15) is 19.3 Å². The fourth-order valence-corrected chi connectivity index (χ4v) is 3.68. The van der Waals surface area contributed by atoms with E-state index >= 15 is 0 Å². The molecule has 0 radical (unpaired) electrons. The van der Waals surface area contributed by atoms with Gasteiger partial charge in [-0.05, 0) is 25.0 Å². The average Bonchev–Trinajstić information content (AvgIpc) is 3.23. The van der Waals surface area contributed by atoms with E-state index in [-0.39, 0.29) is 24.3 Å². The van der Waals surface area contributed by atoms with Crippen molar-refractivity contribution in [1.82, 2.24) is 5.32 Å². The number of hydrogen-bond donors (Lipinski definition) is 2. The van der Waals surface area contributed by atoms with E-state index < -0.39 is 5.25 Å². The number of para-hydroxylation sites is 2. The molecule has 2 aliphatic rings. The van der Waals surface area contributed by atoms with Crippen LogP contribution in [0.4, 0.5) is 5.69 Å². The summed E-state index contributed by atoms with van der Waals surface area (Å²) in [5.41, 5.74) is 0.589. The van der Waals surface area contributed by atoms with Crippen LogP contribution in [0.15, 0.2) is 29.3 Å². The van der Waals surface area contributed by atoms with Crippen molar-refractivity contribution in [2.24, 2.45) is 4.99 Å². The molecule has 0 aliphatic carbocycles. The predicted octanol–water partition coefficient (Wildman–Crippen LogP) is 1.79. The molecule has 8 heteroatoms. The molecule has 3 rings (SSSR count). The normalized spacial score (nSPS) is 24.4. The smallest absolute Gasteiger partial charge is 0.240 e. The van der Waals surface area contributed by atoms with Gasteiger partial charge in [-0.2, -0.15) is 0 Å². The Morgan fingerprint density at radius 2 is 2.32 bits per heavy atom. The summed E-state index contributed by atoms with van der Waals surface area (Å²) >= 11 is 1.29. The largest absolute Gasteiger partial charge is 0.495 e. The Labute approximate surface area is 150 Å². The molecule has 2 N–H and O–H groups in total. The van der Waals surface area contributed by atoms with Gasteiger partial charge in [0.1, 0.15) is 11.0 Å². The molecular weight excluding hydrogens is 342 g/mol. The Morgan fingerprint density at radius 1 is 1.48 bits per heavy atom. The number of amidine groups is 1. The van der Waals surface area contributed by atoms with Gasteiger partial charge < -0.3 is 20.1 Å². The highest BCUT2D eigenvalue weighted by Gasteiger charge is 2.32. The van der Waals surface area contributed by atoms with Crippen LogP contribution >= 0.6 is 11.8 Å². The third kappa shape index (κ3) is 4.73. The Balaban J connectivity index is 1.52. The minimum atomic E-state index is -0.474. The highest BCUT2D eigenvalue weighted by molar-refractivity contribution is 8.15. The lowest BCUT2D eigenvalue weighted by atomic mass is 10.2. The van der Waals surface area contributed by atoms with E-state index in [0.717, 1.165) is 19.4 Å². The van der Waals surface area contributed by atoms with Crippen LogP contribution in [0.3, 0.4) is 0 Å². The number of carbonyl (C=O) groups excluding carboxylic acids is 2. The van der Waals surface area contributed by atoms with Crippen molar-refractivity contribution in [1.29, 1.82) is 0 Å². The molecule has 1 aromatic carbocycles. The summed E-state index contributed by atoms with van der Waals surface area (Å²) in [7, 11) is 1.54. The number of hydrogen-bond acceptors (Lipinski definition) is 6. The quantitative estimate of drug-likeness (QED) is 0.804.